The van der Waals surface area contributed by atoms with Crippen molar-refractivity contribution in [1.29, 1.82) is 0 Å². The second kappa shape index (κ2) is 7.25. The number of hydrogen-bond donors (Lipinski definition) is 2. The van der Waals surface area contributed by atoms with Crippen molar-refractivity contribution in [1.82, 2.24) is 4.90 Å². The predicted molar refractivity (Wildman–Crippen MR) is 69.9 cm³/mol. The van der Waals surface area contributed by atoms with Crippen molar-refractivity contribution in [2.24, 2.45) is 5.73 Å². The topological polar surface area (TPSA) is 110 Å². The van der Waals surface area contributed by atoms with Gasteiger partial charge in [-0.15, -0.1) is 0 Å². The number of carbonyl (C=O) groups excluding carboxylic acids is 2. The number of nitrogens with two attached hydrogens (primary N) is 1. The van der Waals surface area contributed by atoms with Crippen LogP contribution in [-0.4, -0.2) is 48.1 Å². The summed E-state index contributed by atoms with van der Waals surface area (Å²) in [6, 6.07) is 6.55. The zero-order valence-corrected chi connectivity index (χ0v) is 11.0. The lowest BCUT2D eigenvalue weighted by Gasteiger charge is -2.17. The highest BCUT2D eigenvalue weighted by Gasteiger charge is 2.10. The van der Waals surface area contributed by atoms with Gasteiger partial charge >= 0.3 is 5.97 Å². The van der Waals surface area contributed by atoms with Crippen LogP contribution in [-0.2, 0) is 20.9 Å². The highest BCUT2D eigenvalue weighted by atomic mass is 16.5. The van der Waals surface area contributed by atoms with Gasteiger partial charge in [0.2, 0.25) is 11.8 Å². The minimum atomic E-state index is -1.12. The van der Waals surface area contributed by atoms with Crippen molar-refractivity contribution in [3.8, 4) is 0 Å². The van der Waals surface area contributed by atoms with Gasteiger partial charge in [0.1, 0.15) is 13.2 Å². The molecule has 0 radical (unpaired) electrons. The van der Waals surface area contributed by atoms with Crippen molar-refractivity contribution in [3.05, 3.63) is 35.4 Å². The summed E-state index contributed by atoms with van der Waals surface area (Å²) < 4.78 is 4.71. The molecule has 1 rings (SSSR count). The van der Waals surface area contributed by atoms with E-state index >= 15 is 0 Å². The lowest BCUT2D eigenvalue weighted by atomic mass is 10.1. The number of likely N-dealkylation sites (N-methyl/N-ethyl adjacent to an activating group) is 1. The van der Waals surface area contributed by atoms with Gasteiger partial charge in [-0.1, -0.05) is 12.1 Å². The maximum absolute atomic E-state index is 11.6. The number of aliphatic carboxylic acids is 1. The van der Waals surface area contributed by atoms with Gasteiger partial charge in [0.25, 0.3) is 0 Å². The molecule has 3 N–H and O–H groups in total. The molecule has 0 aliphatic heterocycles. The van der Waals surface area contributed by atoms with Gasteiger partial charge in [0, 0.05) is 19.2 Å². The Labute approximate surface area is 115 Å². The molecule has 0 heterocycles. The molecule has 20 heavy (non-hydrogen) atoms. The summed E-state index contributed by atoms with van der Waals surface area (Å²) in [6.45, 7) is -0.469. The molecule has 0 bridgehead atoms. The van der Waals surface area contributed by atoms with E-state index in [1.165, 1.54) is 4.90 Å². The average molecular weight is 280 g/mol. The van der Waals surface area contributed by atoms with Crippen molar-refractivity contribution in [2.45, 2.75) is 6.54 Å². The molecule has 0 aliphatic carbocycles. The summed E-state index contributed by atoms with van der Waals surface area (Å²) in [5.41, 5.74) is 6.34. The molecule has 108 valence electrons. The quantitative estimate of drug-likeness (QED) is 0.721. The first-order valence-electron chi connectivity index (χ1n) is 5.82. The van der Waals surface area contributed by atoms with Gasteiger partial charge in [-0.2, -0.15) is 0 Å². The summed E-state index contributed by atoms with van der Waals surface area (Å²) in [5.74, 6) is -1.96. The van der Waals surface area contributed by atoms with E-state index < -0.39 is 18.5 Å². The number of ether oxygens (including phenoxy) is 1. The lowest BCUT2D eigenvalue weighted by molar-refractivity contribution is -0.145. The summed E-state index contributed by atoms with van der Waals surface area (Å²) in [7, 11) is 1.58. The lowest BCUT2D eigenvalue weighted by Crippen LogP contribution is -2.30. The first-order chi connectivity index (χ1) is 9.40. The van der Waals surface area contributed by atoms with E-state index in [-0.39, 0.29) is 12.5 Å². The molecule has 7 nitrogen and oxygen atoms in total. The fourth-order valence-electron chi connectivity index (χ4n) is 1.47. The van der Waals surface area contributed by atoms with Crippen LogP contribution in [0.2, 0.25) is 0 Å². The minimum Gasteiger partial charge on any atom is -0.480 e. The smallest absolute Gasteiger partial charge is 0.329 e. The molecule has 0 saturated carbocycles. The van der Waals surface area contributed by atoms with Crippen LogP contribution in [0.4, 0.5) is 0 Å². The molecule has 0 spiro atoms. The largest absolute Gasteiger partial charge is 0.480 e. The van der Waals surface area contributed by atoms with E-state index in [9.17, 15) is 14.4 Å². The van der Waals surface area contributed by atoms with Gasteiger partial charge in [0.05, 0.1) is 0 Å². The van der Waals surface area contributed by atoms with E-state index in [4.69, 9.17) is 15.6 Å². The van der Waals surface area contributed by atoms with Crippen LogP contribution in [0.3, 0.4) is 0 Å². The average Bonchev–Trinajstić information content (AvgIpc) is 2.38. The van der Waals surface area contributed by atoms with Crippen LogP contribution in [0.25, 0.3) is 0 Å². The third kappa shape index (κ3) is 5.07. The zero-order chi connectivity index (χ0) is 15.1. The number of amides is 2. The number of rotatable bonds is 7. The monoisotopic (exact) mass is 280 g/mol. The Morgan fingerprint density at radius 1 is 1.20 bits per heavy atom. The number of nitrogens with zero attached hydrogens (tertiary/aromatic N) is 1. The first kappa shape index (κ1) is 15.6. The molecular formula is C13H16N2O5. The minimum absolute atomic E-state index is 0.290. The van der Waals surface area contributed by atoms with E-state index in [0.29, 0.717) is 12.1 Å². The summed E-state index contributed by atoms with van der Waals surface area (Å²) in [6.07, 6.45) is 0. The van der Waals surface area contributed by atoms with Crippen molar-refractivity contribution in [3.63, 3.8) is 0 Å². The van der Waals surface area contributed by atoms with Crippen LogP contribution in [0, 0.1) is 0 Å². The van der Waals surface area contributed by atoms with Crippen LogP contribution in [0.1, 0.15) is 15.9 Å². The highest BCUT2D eigenvalue weighted by molar-refractivity contribution is 5.92. The molecule has 0 saturated heterocycles. The van der Waals surface area contributed by atoms with Crippen LogP contribution in [0.5, 0.6) is 0 Å². The molecule has 1 aromatic rings. The molecule has 7 heteroatoms. The van der Waals surface area contributed by atoms with Crippen molar-refractivity contribution in [2.75, 3.05) is 20.3 Å². The highest BCUT2D eigenvalue weighted by Crippen LogP contribution is 2.06. The summed E-state index contributed by atoms with van der Waals surface area (Å²) in [5, 5.41) is 8.38. The number of benzene rings is 1. The maximum Gasteiger partial charge on any atom is 0.329 e. The Kier molecular flexibility index (Phi) is 5.67. The standard InChI is InChI=1S/C13H16N2O5/c1-15(11(16)7-20-8-12(17)18)6-9-2-4-10(5-3-9)13(14)19/h2-5H,6-8H2,1H3,(H2,14,19)(H,17,18). The third-order valence-electron chi connectivity index (χ3n) is 2.54. The van der Waals surface area contributed by atoms with E-state index in [1.54, 1.807) is 31.3 Å². The Bertz CT molecular complexity index is 498. The molecule has 0 atom stereocenters. The Morgan fingerprint density at radius 2 is 1.80 bits per heavy atom. The second-order valence-corrected chi connectivity index (χ2v) is 4.20. The Morgan fingerprint density at radius 3 is 2.30 bits per heavy atom. The number of carbonyl (C=O) groups is 3. The first-order valence-corrected chi connectivity index (χ1v) is 5.82. The van der Waals surface area contributed by atoms with Gasteiger partial charge in [-0.05, 0) is 17.7 Å². The van der Waals surface area contributed by atoms with Gasteiger partial charge in [-0.25, -0.2) is 4.79 Å². The van der Waals surface area contributed by atoms with E-state index in [2.05, 4.69) is 0 Å². The zero-order valence-electron chi connectivity index (χ0n) is 11.0. The Hall–Kier alpha value is -2.41. The van der Waals surface area contributed by atoms with Gasteiger partial charge in [-0.3, -0.25) is 9.59 Å². The molecule has 0 aliphatic rings. The second-order valence-electron chi connectivity index (χ2n) is 4.20. The van der Waals surface area contributed by atoms with Crippen LogP contribution < -0.4 is 5.73 Å². The number of carboxylic acid groups (broad SMARTS) is 1. The fraction of sp³-hybridized carbons (Fsp3) is 0.308. The number of primary amides is 1. The van der Waals surface area contributed by atoms with Crippen molar-refractivity contribution >= 4 is 17.8 Å². The predicted octanol–water partition coefficient (Wildman–Crippen LogP) is -0.155. The fourth-order valence-corrected chi connectivity index (χ4v) is 1.47. The molecule has 0 aromatic heterocycles. The summed E-state index contributed by atoms with van der Waals surface area (Å²) in [4.78, 5) is 34.2. The molecular weight excluding hydrogens is 264 g/mol. The Balaban J connectivity index is 2.48. The molecule has 2 amide bonds. The van der Waals surface area contributed by atoms with Crippen LogP contribution in [0.15, 0.2) is 24.3 Å². The van der Waals surface area contributed by atoms with Crippen LogP contribution >= 0.6 is 0 Å². The van der Waals surface area contributed by atoms with Gasteiger partial charge in [0.15, 0.2) is 0 Å². The number of carboxylic acids is 1. The molecule has 1 aromatic carbocycles. The van der Waals surface area contributed by atoms with E-state index in [0.717, 1.165) is 5.56 Å². The third-order valence-corrected chi connectivity index (χ3v) is 2.54. The molecule has 0 unspecified atom stereocenters. The van der Waals surface area contributed by atoms with E-state index in [1.807, 2.05) is 0 Å². The SMILES string of the molecule is CN(Cc1ccc(C(N)=O)cc1)C(=O)COCC(=O)O. The normalized spacial score (nSPS) is 10.1. The number of hydrogen-bond acceptors (Lipinski definition) is 4. The van der Waals surface area contributed by atoms with Crippen molar-refractivity contribution < 1.29 is 24.2 Å². The summed E-state index contributed by atoms with van der Waals surface area (Å²) >= 11 is 0. The maximum atomic E-state index is 11.6. The van der Waals surface area contributed by atoms with Gasteiger partial charge < -0.3 is 20.5 Å². The molecule has 0 fully saturated rings.